The van der Waals surface area contributed by atoms with Crippen LogP contribution in [0.15, 0.2) is 0 Å². The molecule has 1 rings (SSSR count). The molecule has 106 valence electrons. The molecule has 0 aromatic rings. The highest BCUT2D eigenvalue weighted by molar-refractivity contribution is 5.81. The monoisotopic (exact) mass is 256 g/mol. The number of unbranched alkanes of at least 4 members (excludes halogenated alkanes) is 1. The Balaban J connectivity index is 2.45. The highest BCUT2D eigenvalue weighted by Crippen LogP contribution is 2.29. The Bertz CT molecular complexity index is 271. The molecule has 0 saturated carbocycles. The van der Waals surface area contributed by atoms with Crippen molar-refractivity contribution < 1.29 is 9.90 Å². The van der Waals surface area contributed by atoms with Crippen molar-refractivity contribution in [2.45, 2.75) is 52.5 Å². The SMILES string of the molecule is CCCCNC(=O)C(C)N1CCCC(C)(CO)C1. The van der Waals surface area contributed by atoms with Gasteiger partial charge in [-0.25, -0.2) is 0 Å². The summed E-state index contributed by atoms with van der Waals surface area (Å²) in [5, 5.41) is 12.4. The predicted octanol–water partition coefficient (Wildman–Crippen LogP) is 1.39. The summed E-state index contributed by atoms with van der Waals surface area (Å²) >= 11 is 0. The minimum absolute atomic E-state index is 0.0454. The molecule has 0 bridgehead atoms. The van der Waals surface area contributed by atoms with E-state index in [-0.39, 0.29) is 24.0 Å². The molecule has 1 amide bonds. The van der Waals surface area contributed by atoms with Crippen molar-refractivity contribution in [1.29, 1.82) is 0 Å². The number of hydrogen-bond acceptors (Lipinski definition) is 3. The fourth-order valence-electron chi connectivity index (χ4n) is 2.52. The predicted molar refractivity (Wildman–Crippen MR) is 73.4 cm³/mol. The summed E-state index contributed by atoms with van der Waals surface area (Å²) in [5.41, 5.74) is -0.0454. The number of hydrogen-bond donors (Lipinski definition) is 2. The average Bonchev–Trinajstić information content (AvgIpc) is 2.38. The second-order valence-electron chi connectivity index (χ2n) is 5.86. The molecule has 1 aliphatic heterocycles. The quantitative estimate of drug-likeness (QED) is 0.706. The van der Waals surface area contributed by atoms with E-state index in [1.807, 2.05) is 6.92 Å². The number of likely N-dealkylation sites (tertiary alicyclic amines) is 1. The van der Waals surface area contributed by atoms with E-state index in [0.29, 0.717) is 0 Å². The van der Waals surface area contributed by atoms with Crippen LogP contribution in [0.3, 0.4) is 0 Å². The summed E-state index contributed by atoms with van der Waals surface area (Å²) in [5.74, 6) is 0.116. The Morgan fingerprint density at radius 1 is 1.56 bits per heavy atom. The first kappa shape index (κ1) is 15.4. The highest BCUT2D eigenvalue weighted by atomic mass is 16.3. The van der Waals surface area contributed by atoms with Crippen LogP contribution >= 0.6 is 0 Å². The molecule has 18 heavy (non-hydrogen) atoms. The van der Waals surface area contributed by atoms with Crippen LogP contribution in [0.5, 0.6) is 0 Å². The van der Waals surface area contributed by atoms with E-state index >= 15 is 0 Å². The summed E-state index contributed by atoms with van der Waals surface area (Å²) in [4.78, 5) is 14.2. The van der Waals surface area contributed by atoms with Gasteiger partial charge < -0.3 is 10.4 Å². The first-order valence-electron chi connectivity index (χ1n) is 7.15. The number of aliphatic hydroxyl groups is 1. The minimum atomic E-state index is -0.0898. The summed E-state index contributed by atoms with van der Waals surface area (Å²) in [7, 11) is 0. The Labute approximate surface area is 111 Å². The van der Waals surface area contributed by atoms with Gasteiger partial charge in [0.2, 0.25) is 5.91 Å². The minimum Gasteiger partial charge on any atom is -0.396 e. The van der Waals surface area contributed by atoms with Crippen LogP contribution < -0.4 is 5.32 Å². The van der Waals surface area contributed by atoms with Crippen LogP contribution in [0.4, 0.5) is 0 Å². The van der Waals surface area contributed by atoms with E-state index < -0.39 is 0 Å². The van der Waals surface area contributed by atoms with Gasteiger partial charge in [-0.15, -0.1) is 0 Å². The van der Waals surface area contributed by atoms with Gasteiger partial charge in [-0.2, -0.15) is 0 Å². The Hall–Kier alpha value is -0.610. The average molecular weight is 256 g/mol. The van der Waals surface area contributed by atoms with Crippen LogP contribution in [0, 0.1) is 5.41 Å². The zero-order valence-corrected chi connectivity index (χ0v) is 12.0. The molecule has 4 nitrogen and oxygen atoms in total. The molecule has 2 N–H and O–H groups in total. The zero-order valence-electron chi connectivity index (χ0n) is 12.0. The van der Waals surface area contributed by atoms with Crippen LogP contribution in [0.1, 0.15) is 46.5 Å². The van der Waals surface area contributed by atoms with Gasteiger partial charge in [-0.3, -0.25) is 9.69 Å². The molecule has 2 unspecified atom stereocenters. The molecule has 0 aromatic heterocycles. The number of aliphatic hydroxyl groups excluding tert-OH is 1. The number of rotatable bonds is 6. The zero-order chi connectivity index (χ0) is 13.6. The number of piperidine rings is 1. The van der Waals surface area contributed by atoms with Crippen molar-refractivity contribution in [3.8, 4) is 0 Å². The number of nitrogens with zero attached hydrogens (tertiary/aromatic N) is 1. The molecule has 1 fully saturated rings. The molecule has 0 aliphatic carbocycles. The van der Waals surface area contributed by atoms with Crippen molar-refractivity contribution in [2.75, 3.05) is 26.2 Å². The molecule has 0 aromatic carbocycles. The van der Waals surface area contributed by atoms with Crippen LogP contribution in [0.2, 0.25) is 0 Å². The molecule has 2 atom stereocenters. The Morgan fingerprint density at radius 2 is 2.28 bits per heavy atom. The van der Waals surface area contributed by atoms with Gasteiger partial charge in [-0.1, -0.05) is 20.3 Å². The molecular formula is C14H28N2O2. The van der Waals surface area contributed by atoms with E-state index in [1.54, 1.807) is 0 Å². The summed E-state index contributed by atoms with van der Waals surface area (Å²) in [6, 6.07) is -0.0898. The Kier molecular flexibility index (Phi) is 6.09. The molecule has 1 aliphatic rings. The lowest BCUT2D eigenvalue weighted by Gasteiger charge is -2.41. The van der Waals surface area contributed by atoms with Gasteiger partial charge in [0.05, 0.1) is 6.04 Å². The standard InChI is InChI=1S/C14H28N2O2/c1-4-5-8-15-13(18)12(2)16-9-6-7-14(3,10-16)11-17/h12,17H,4-11H2,1-3H3,(H,15,18). The number of nitrogens with one attached hydrogen (secondary N) is 1. The lowest BCUT2D eigenvalue weighted by Crippen LogP contribution is -2.52. The number of carbonyl (C=O) groups is 1. The van der Waals surface area contributed by atoms with E-state index in [4.69, 9.17) is 0 Å². The third kappa shape index (κ3) is 4.25. The third-order valence-electron chi connectivity index (χ3n) is 3.95. The molecular weight excluding hydrogens is 228 g/mol. The molecule has 1 saturated heterocycles. The lowest BCUT2D eigenvalue weighted by atomic mass is 9.82. The smallest absolute Gasteiger partial charge is 0.237 e. The molecule has 4 heteroatoms. The van der Waals surface area contributed by atoms with E-state index in [0.717, 1.165) is 45.3 Å². The highest BCUT2D eigenvalue weighted by Gasteiger charge is 2.34. The lowest BCUT2D eigenvalue weighted by molar-refractivity contribution is -0.127. The normalized spacial score (nSPS) is 26.9. The van der Waals surface area contributed by atoms with Crippen molar-refractivity contribution in [1.82, 2.24) is 10.2 Å². The third-order valence-corrected chi connectivity index (χ3v) is 3.95. The maximum Gasteiger partial charge on any atom is 0.237 e. The van der Waals surface area contributed by atoms with Crippen LogP contribution in [0.25, 0.3) is 0 Å². The van der Waals surface area contributed by atoms with Crippen molar-refractivity contribution >= 4 is 5.91 Å². The maximum atomic E-state index is 12.0. The first-order valence-corrected chi connectivity index (χ1v) is 7.15. The van der Waals surface area contributed by atoms with Crippen LogP contribution in [-0.4, -0.2) is 48.2 Å². The van der Waals surface area contributed by atoms with Crippen molar-refractivity contribution in [2.24, 2.45) is 5.41 Å². The largest absolute Gasteiger partial charge is 0.396 e. The second kappa shape index (κ2) is 7.10. The summed E-state index contributed by atoms with van der Waals surface area (Å²) in [6.45, 7) is 8.92. The van der Waals surface area contributed by atoms with Gasteiger partial charge >= 0.3 is 0 Å². The van der Waals surface area contributed by atoms with Gasteiger partial charge in [-0.05, 0) is 32.7 Å². The van der Waals surface area contributed by atoms with Crippen LogP contribution in [-0.2, 0) is 4.79 Å². The first-order chi connectivity index (χ1) is 8.52. The summed E-state index contributed by atoms with van der Waals surface area (Å²) in [6.07, 6.45) is 4.24. The van der Waals surface area contributed by atoms with E-state index in [1.165, 1.54) is 0 Å². The van der Waals surface area contributed by atoms with Gasteiger partial charge in [0.25, 0.3) is 0 Å². The van der Waals surface area contributed by atoms with Crippen molar-refractivity contribution in [3.05, 3.63) is 0 Å². The van der Waals surface area contributed by atoms with E-state index in [2.05, 4.69) is 24.1 Å². The van der Waals surface area contributed by atoms with Gasteiger partial charge in [0, 0.05) is 25.1 Å². The topological polar surface area (TPSA) is 52.6 Å². The fraction of sp³-hybridized carbons (Fsp3) is 0.929. The second-order valence-corrected chi connectivity index (χ2v) is 5.86. The Morgan fingerprint density at radius 3 is 2.89 bits per heavy atom. The molecule has 0 spiro atoms. The van der Waals surface area contributed by atoms with Gasteiger partial charge in [0.1, 0.15) is 0 Å². The maximum absolute atomic E-state index is 12.0. The van der Waals surface area contributed by atoms with Crippen molar-refractivity contribution in [3.63, 3.8) is 0 Å². The molecule has 1 heterocycles. The number of carbonyl (C=O) groups excluding carboxylic acids is 1. The summed E-state index contributed by atoms with van der Waals surface area (Å²) < 4.78 is 0. The molecule has 0 radical (unpaired) electrons. The van der Waals surface area contributed by atoms with E-state index in [9.17, 15) is 9.90 Å². The number of amides is 1. The fourth-order valence-corrected chi connectivity index (χ4v) is 2.52. The van der Waals surface area contributed by atoms with Gasteiger partial charge in [0.15, 0.2) is 0 Å².